The quantitative estimate of drug-likeness (QED) is 0.519. The Bertz CT molecular complexity index is 1060. The number of amides is 2. The van der Waals surface area contributed by atoms with Gasteiger partial charge >= 0.3 is 0 Å². The van der Waals surface area contributed by atoms with Crippen molar-refractivity contribution in [2.24, 2.45) is 5.92 Å². The zero-order valence-corrected chi connectivity index (χ0v) is 18.5. The van der Waals surface area contributed by atoms with E-state index in [4.69, 9.17) is 4.74 Å². The van der Waals surface area contributed by atoms with Crippen LogP contribution in [0.5, 0.6) is 5.75 Å². The van der Waals surface area contributed by atoms with Crippen molar-refractivity contribution in [1.82, 2.24) is 4.98 Å². The van der Waals surface area contributed by atoms with E-state index in [1.807, 2.05) is 42.5 Å². The van der Waals surface area contributed by atoms with Crippen molar-refractivity contribution >= 4 is 44.2 Å². The van der Waals surface area contributed by atoms with Crippen LogP contribution in [0.4, 0.5) is 10.8 Å². The molecular formula is C24H27N3O3S. The van der Waals surface area contributed by atoms with E-state index in [1.54, 1.807) is 7.11 Å². The molecule has 1 aliphatic rings. The van der Waals surface area contributed by atoms with E-state index < -0.39 is 0 Å². The number of fused-ring (bicyclic) bond motifs is 1. The number of carbonyl (C=O) groups excluding carboxylic acids is 2. The van der Waals surface area contributed by atoms with Gasteiger partial charge in [0.2, 0.25) is 11.8 Å². The second-order valence-electron chi connectivity index (χ2n) is 7.92. The molecule has 31 heavy (non-hydrogen) atoms. The van der Waals surface area contributed by atoms with Gasteiger partial charge in [-0.2, -0.15) is 0 Å². The molecule has 162 valence electrons. The first-order valence-electron chi connectivity index (χ1n) is 10.7. The van der Waals surface area contributed by atoms with Crippen molar-refractivity contribution in [1.29, 1.82) is 0 Å². The molecule has 1 fully saturated rings. The number of anilines is 2. The molecule has 1 heterocycles. The zero-order valence-electron chi connectivity index (χ0n) is 17.6. The number of hydrogen-bond acceptors (Lipinski definition) is 5. The molecule has 2 aromatic carbocycles. The summed E-state index contributed by atoms with van der Waals surface area (Å²) < 4.78 is 6.14. The fourth-order valence-electron chi connectivity index (χ4n) is 3.90. The number of methoxy groups -OCH3 is 1. The minimum absolute atomic E-state index is 0.0452. The van der Waals surface area contributed by atoms with Crippen molar-refractivity contribution in [3.63, 3.8) is 0 Å². The maximum Gasteiger partial charge on any atom is 0.229 e. The average molecular weight is 438 g/mol. The summed E-state index contributed by atoms with van der Waals surface area (Å²) in [4.78, 5) is 29.4. The Kier molecular flexibility index (Phi) is 6.82. The summed E-state index contributed by atoms with van der Waals surface area (Å²) in [5.74, 6) is 0.933. The van der Waals surface area contributed by atoms with Crippen molar-refractivity contribution < 1.29 is 14.3 Å². The molecule has 0 atom stereocenters. The van der Waals surface area contributed by atoms with Crippen LogP contribution in [0.15, 0.2) is 42.5 Å². The van der Waals surface area contributed by atoms with E-state index in [2.05, 4.69) is 15.6 Å². The molecule has 0 spiro atoms. The Morgan fingerprint density at radius 3 is 2.58 bits per heavy atom. The van der Waals surface area contributed by atoms with Gasteiger partial charge in [-0.25, -0.2) is 4.98 Å². The highest BCUT2D eigenvalue weighted by molar-refractivity contribution is 7.22. The molecule has 0 saturated heterocycles. The number of thiazole rings is 1. The first-order valence-corrected chi connectivity index (χ1v) is 11.6. The SMILES string of the molecule is COc1ccc(CCC(=O)Nc2ccc3sc(NC(=O)C4CCCCC4)nc3c2)cc1. The van der Waals surface area contributed by atoms with Crippen LogP contribution in [0, 0.1) is 5.92 Å². The minimum atomic E-state index is -0.0452. The molecule has 0 unspecified atom stereocenters. The van der Waals surface area contributed by atoms with Crippen LogP contribution >= 0.6 is 11.3 Å². The van der Waals surface area contributed by atoms with Crippen molar-refractivity contribution in [3.8, 4) is 5.75 Å². The third-order valence-corrected chi connectivity index (χ3v) is 6.63. The monoisotopic (exact) mass is 437 g/mol. The fraction of sp³-hybridized carbons (Fsp3) is 0.375. The molecule has 0 aliphatic heterocycles. The summed E-state index contributed by atoms with van der Waals surface area (Å²) in [6.07, 6.45) is 6.45. The van der Waals surface area contributed by atoms with Crippen molar-refractivity contribution in [2.45, 2.75) is 44.9 Å². The second kappa shape index (κ2) is 9.92. The van der Waals surface area contributed by atoms with E-state index in [-0.39, 0.29) is 17.7 Å². The summed E-state index contributed by atoms with van der Waals surface area (Å²) in [7, 11) is 1.63. The van der Waals surface area contributed by atoms with Crippen molar-refractivity contribution in [3.05, 3.63) is 48.0 Å². The number of nitrogens with zero attached hydrogens (tertiary/aromatic N) is 1. The number of rotatable bonds is 7. The molecule has 3 aromatic rings. The molecule has 1 aromatic heterocycles. The van der Waals surface area contributed by atoms with Crippen molar-refractivity contribution in [2.75, 3.05) is 17.7 Å². The van der Waals surface area contributed by atoms with Crippen LogP contribution in [-0.2, 0) is 16.0 Å². The third-order valence-electron chi connectivity index (χ3n) is 5.68. The molecule has 4 rings (SSSR count). The summed E-state index contributed by atoms with van der Waals surface area (Å²) in [6.45, 7) is 0. The maximum absolute atomic E-state index is 12.5. The number of hydrogen-bond donors (Lipinski definition) is 2. The van der Waals surface area contributed by atoms with Gasteiger partial charge in [-0.1, -0.05) is 42.7 Å². The van der Waals surface area contributed by atoms with Crippen LogP contribution in [0.3, 0.4) is 0 Å². The number of aryl methyl sites for hydroxylation is 1. The number of carbonyl (C=O) groups is 2. The Labute approximate surface area is 186 Å². The molecule has 6 nitrogen and oxygen atoms in total. The van der Waals surface area contributed by atoms with E-state index in [0.29, 0.717) is 23.7 Å². The van der Waals surface area contributed by atoms with Crippen LogP contribution < -0.4 is 15.4 Å². The smallest absolute Gasteiger partial charge is 0.229 e. The van der Waals surface area contributed by atoms with Gasteiger partial charge in [0.05, 0.1) is 17.3 Å². The van der Waals surface area contributed by atoms with Crippen LogP contribution in [0.2, 0.25) is 0 Å². The van der Waals surface area contributed by atoms with Crippen LogP contribution in [-0.4, -0.2) is 23.9 Å². The Morgan fingerprint density at radius 2 is 1.84 bits per heavy atom. The fourth-order valence-corrected chi connectivity index (χ4v) is 4.75. The van der Waals surface area contributed by atoms with Gasteiger partial charge < -0.3 is 15.4 Å². The highest BCUT2D eigenvalue weighted by Gasteiger charge is 2.22. The molecular weight excluding hydrogens is 410 g/mol. The normalized spacial score (nSPS) is 14.4. The summed E-state index contributed by atoms with van der Waals surface area (Å²) in [5, 5.41) is 6.54. The highest BCUT2D eigenvalue weighted by Crippen LogP contribution is 2.30. The molecule has 1 saturated carbocycles. The standard InChI is InChI=1S/C24H27N3O3S/c1-30-19-11-7-16(8-12-19)9-14-22(28)25-18-10-13-21-20(15-18)26-24(31-21)27-23(29)17-5-3-2-4-6-17/h7-8,10-13,15,17H,2-6,9,14H2,1H3,(H,25,28)(H,26,27,29). The Hall–Kier alpha value is -2.93. The minimum Gasteiger partial charge on any atom is -0.497 e. The van der Waals surface area contributed by atoms with Gasteiger partial charge in [-0.15, -0.1) is 0 Å². The summed E-state index contributed by atoms with van der Waals surface area (Å²) in [5.41, 5.74) is 2.57. The maximum atomic E-state index is 12.5. The van der Waals surface area contributed by atoms with Gasteiger partial charge in [-0.05, 0) is 55.2 Å². The van der Waals surface area contributed by atoms with Gasteiger partial charge in [-0.3, -0.25) is 9.59 Å². The Morgan fingerprint density at radius 1 is 1.06 bits per heavy atom. The van der Waals surface area contributed by atoms with Gasteiger partial charge in [0.25, 0.3) is 0 Å². The Balaban J connectivity index is 1.33. The lowest BCUT2D eigenvalue weighted by Crippen LogP contribution is -2.24. The van der Waals surface area contributed by atoms with Gasteiger partial charge in [0, 0.05) is 18.0 Å². The predicted octanol–water partition coefficient (Wildman–Crippen LogP) is 5.40. The van der Waals surface area contributed by atoms with E-state index >= 15 is 0 Å². The molecule has 2 amide bonds. The van der Waals surface area contributed by atoms with Gasteiger partial charge in [0.15, 0.2) is 5.13 Å². The van der Waals surface area contributed by atoms with E-state index in [0.717, 1.165) is 47.2 Å². The topological polar surface area (TPSA) is 80.3 Å². The van der Waals surface area contributed by atoms with E-state index in [1.165, 1.54) is 17.8 Å². The number of ether oxygens (including phenoxy) is 1. The second-order valence-corrected chi connectivity index (χ2v) is 8.95. The number of benzene rings is 2. The predicted molar refractivity (Wildman–Crippen MR) is 125 cm³/mol. The lowest BCUT2D eigenvalue weighted by molar-refractivity contribution is -0.120. The summed E-state index contributed by atoms with van der Waals surface area (Å²) in [6, 6.07) is 13.4. The third kappa shape index (κ3) is 5.61. The first kappa shape index (κ1) is 21.3. The summed E-state index contributed by atoms with van der Waals surface area (Å²) >= 11 is 1.46. The highest BCUT2D eigenvalue weighted by atomic mass is 32.1. The average Bonchev–Trinajstić information content (AvgIpc) is 3.20. The van der Waals surface area contributed by atoms with E-state index in [9.17, 15) is 9.59 Å². The molecule has 0 bridgehead atoms. The molecule has 1 aliphatic carbocycles. The van der Waals surface area contributed by atoms with Gasteiger partial charge in [0.1, 0.15) is 5.75 Å². The molecule has 7 heteroatoms. The number of nitrogens with one attached hydrogen (secondary N) is 2. The molecule has 0 radical (unpaired) electrons. The largest absolute Gasteiger partial charge is 0.497 e. The molecule has 2 N–H and O–H groups in total. The lowest BCUT2D eigenvalue weighted by atomic mass is 9.89. The first-order chi connectivity index (χ1) is 15.1. The zero-order chi connectivity index (χ0) is 21.6. The van der Waals surface area contributed by atoms with Crippen LogP contribution in [0.1, 0.15) is 44.1 Å². The van der Waals surface area contributed by atoms with Crippen LogP contribution in [0.25, 0.3) is 10.2 Å². The number of aromatic nitrogens is 1. The lowest BCUT2D eigenvalue weighted by Gasteiger charge is -2.19.